The first-order chi connectivity index (χ1) is 13.8. The molecule has 0 aliphatic carbocycles. The molecule has 1 aliphatic rings. The van der Waals surface area contributed by atoms with E-state index >= 15 is 0 Å². The van der Waals surface area contributed by atoms with Gasteiger partial charge in [0.15, 0.2) is 11.5 Å². The van der Waals surface area contributed by atoms with E-state index in [1.807, 2.05) is 42.5 Å². The van der Waals surface area contributed by atoms with E-state index in [2.05, 4.69) is 37.9 Å². The Hall–Kier alpha value is -3.41. The Kier molecular flexibility index (Phi) is 5.47. The topological polar surface area (TPSA) is 70.2 Å². The largest absolute Gasteiger partial charge is 0.372 e. The van der Waals surface area contributed by atoms with Crippen LogP contribution in [0.2, 0.25) is 0 Å². The van der Waals surface area contributed by atoms with E-state index in [-0.39, 0.29) is 5.91 Å². The normalized spacial score (nSPS) is 13.4. The molecule has 0 unspecified atom stereocenters. The fourth-order valence-electron chi connectivity index (χ4n) is 3.27. The smallest absolute Gasteiger partial charge is 0.272 e. The summed E-state index contributed by atoms with van der Waals surface area (Å²) in [6.07, 6.45) is 2.53. The zero-order valence-corrected chi connectivity index (χ0v) is 15.6. The Morgan fingerprint density at radius 2 is 1.64 bits per heavy atom. The number of carbonyl (C=O) groups excluding carboxylic acids is 1. The second-order valence-corrected chi connectivity index (χ2v) is 6.84. The number of anilines is 3. The lowest BCUT2D eigenvalue weighted by Gasteiger charge is -2.17. The fourth-order valence-corrected chi connectivity index (χ4v) is 3.27. The predicted octanol–water partition coefficient (Wildman–Crippen LogP) is 3.75. The summed E-state index contributed by atoms with van der Waals surface area (Å²) in [5.41, 5.74) is 3.53. The molecule has 0 atom stereocenters. The third-order valence-corrected chi connectivity index (χ3v) is 4.80. The zero-order chi connectivity index (χ0) is 19.2. The van der Waals surface area contributed by atoms with Gasteiger partial charge in [-0.1, -0.05) is 30.3 Å². The fraction of sp³-hybridized carbons (Fsp3) is 0.227. The second-order valence-electron chi connectivity index (χ2n) is 6.84. The summed E-state index contributed by atoms with van der Waals surface area (Å²) in [6.45, 7) is 2.73. The van der Waals surface area contributed by atoms with E-state index in [0.29, 0.717) is 18.1 Å². The minimum Gasteiger partial charge on any atom is -0.372 e. The maximum Gasteiger partial charge on any atom is 0.272 e. The van der Waals surface area contributed by atoms with Crippen molar-refractivity contribution in [2.75, 3.05) is 23.3 Å². The molecule has 0 saturated carbocycles. The second kappa shape index (κ2) is 8.52. The van der Waals surface area contributed by atoms with Crippen LogP contribution in [0.1, 0.15) is 28.9 Å². The average molecular weight is 373 g/mol. The number of amides is 1. The van der Waals surface area contributed by atoms with E-state index in [9.17, 15) is 4.79 Å². The number of rotatable bonds is 6. The molecule has 0 bridgehead atoms. The number of nitrogens with zero attached hydrogens (tertiary/aromatic N) is 3. The third kappa shape index (κ3) is 4.46. The molecule has 3 aromatic rings. The van der Waals surface area contributed by atoms with E-state index in [1.54, 1.807) is 12.1 Å². The van der Waals surface area contributed by atoms with Gasteiger partial charge in [0.2, 0.25) is 0 Å². The van der Waals surface area contributed by atoms with E-state index in [1.165, 1.54) is 18.5 Å². The van der Waals surface area contributed by atoms with Gasteiger partial charge in [-0.3, -0.25) is 4.79 Å². The lowest BCUT2D eigenvalue weighted by atomic mass is 10.2. The van der Waals surface area contributed by atoms with Gasteiger partial charge in [-0.2, -0.15) is 0 Å². The molecular weight excluding hydrogens is 350 g/mol. The summed E-state index contributed by atoms with van der Waals surface area (Å²) in [5, 5.41) is 14.2. The predicted molar refractivity (Wildman–Crippen MR) is 111 cm³/mol. The van der Waals surface area contributed by atoms with Crippen molar-refractivity contribution in [3.05, 3.63) is 78.0 Å². The van der Waals surface area contributed by atoms with Crippen molar-refractivity contribution in [1.82, 2.24) is 15.5 Å². The summed E-state index contributed by atoms with van der Waals surface area (Å²) in [5.74, 6) is 0.367. The van der Waals surface area contributed by atoms with Crippen molar-refractivity contribution in [3.8, 4) is 0 Å². The lowest BCUT2D eigenvalue weighted by Crippen LogP contribution is -2.24. The van der Waals surface area contributed by atoms with Crippen LogP contribution in [0.3, 0.4) is 0 Å². The monoisotopic (exact) mass is 373 g/mol. The minimum absolute atomic E-state index is 0.238. The molecule has 1 saturated heterocycles. The molecule has 2 heterocycles. The molecule has 1 fully saturated rings. The molecule has 6 nitrogen and oxygen atoms in total. The first-order valence-electron chi connectivity index (χ1n) is 9.56. The summed E-state index contributed by atoms with van der Waals surface area (Å²) < 4.78 is 0. The van der Waals surface area contributed by atoms with Crippen molar-refractivity contribution >= 4 is 23.1 Å². The number of nitrogens with one attached hydrogen (secondary N) is 2. The Morgan fingerprint density at radius 1 is 0.893 bits per heavy atom. The Labute approximate surface area is 164 Å². The van der Waals surface area contributed by atoms with Crippen LogP contribution in [-0.4, -0.2) is 29.2 Å². The standard InChI is InChI=1S/C22H23N5O/c28-22(23-16-17-6-2-1-3-7-17)20-12-13-21(26-25-20)24-18-8-10-19(11-9-18)27-14-4-5-15-27/h1-3,6-13H,4-5,14-16H2,(H,23,28)(H,24,26). The van der Waals surface area contributed by atoms with Crippen molar-refractivity contribution in [3.63, 3.8) is 0 Å². The maximum atomic E-state index is 12.2. The van der Waals surface area contributed by atoms with Crippen LogP contribution in [0, 0.1) is 0 Å². The molecule has 1 amide bonds. The van der Waals surface area contributed by atoms with Crippen LogP contribution < -0.4 is 15.5 Å². The summed E-state index contributed by atoms with van der Waals surface area (Å²) in [4.78, 5) is 14.6. The Morgan fingerprint density at radius 3 is 2.32 bits per heavy atom. The minimum atomic E-state index is -0.238. The Balaban J connectivity index is 1.33. The van der Waals surface area contributed by atoms with Gasteiger partial charge in [-0.05, 0) is 54.8 Å². The molecule has 4 rings (SSSR count). The number of carbonyl (C=O) groups is 1. The number of hydrogen-bond donors (Lipinski definition) is 2. The van der Waals surface area contributed by atoms with Crippen LogP contribution in [0.15, 0.2) is 66.7 Å². The number of benzene rings is 2. The van der Waals surface area contributed by atoms with Gasteiger partial charge in [-0.25, -0.2) is 0 Å². The van der Waals surface area contributed by atoms with Crippen LogP contribution in [0.5, 0.6) is 0 Å². The molecule has 1 aromatic heterocycles. The van der Waals surface area contributed by atoms with E-state index in [0.717, 1.165) is 24.3 Å². The highest BCUT2D eigenvalue weighted by Gasteiger charge is 2.12. The van der Waals surface area contributed by atoms with Crippen LogP contribution in [0.4, 0.5) is 17.2 Å². The SMILES string of the molecule is O=C(NCc1ccccc1)c1ccc(Nc2ccc(N3CCCC3)cc2)nn1. The quantitative estimate of drug-likeness (QED) is 0.689. The van der Waals surface area contributed by atoms with E-state index in [4.69, 9.17) is 0 Å². The lowest BCUT2D eigenvalue weighted by molar-refractivity contribution is 0.0945. The molecule has 2 aromatic carbocycles. The third-order valence-electron chi connectivity index (χ3n) is 4.80. The van der Waals surface area contributed by atoms with Crippen molar-refractivity contribution < 1.29 is 4.79 Å². The Bertz CT molecular complexity index is 904. The first kappa shape index (κ1) is 18.0. The molecule has 2 N–H and O–H groups in total. The van der Waals surface area contributed by atoms with Gasteiger partial charge in [-0.15, -0.1) is 10.2 Å². The van der Waals surface area contributed by atoms with Crippen molar-refractivity contribution in [2.45, 2.75) is 19.4 Å². The van der Waals surface area contributed by atoms with Gasteiger partial charge in [0.05, 0.1) is 0 Å². The molecule has 0 radical (unpaired) electrons. The highest BCUT2D eigenvalue weighted by molar-refractivity contribution is 5.92. The summed E-state index contributed by atoms with van der Waals surface area (Å²) in [6, 6.07) is 21.5. The maximum absolute atomic E-state index is 12.2. The number of hydrogen-bond acceptors (Lipinski definition) is 5. The molecular formula is C22H23N5O. The van der Waals surface area contributed by atoms with E-state index < -0.39 is 0 Å². The first-order valence-corrected chi connectivity index (χ1v) is 9.56. The van der Waals surface area contributed by atoms with Crippen molar-refractivity contribution in [1.29, 1.82) is 0 Å². The van der Waals surface area contributed by atoms with Crippen LogP contribution in [-0.2, 0) is 6.54 Å². The van der Waals surface area contributed by atoms with Gasteiger partial charge in [0.1, 0.15) is 0 Å². The van der Waals surface area contributed by atoms with Gasteiger partial charge in [0.25, 0.3) is 5.91 Å². The highest BCUT2D eigenvalue weighted by Crippen LogP contribution is 2.23. The summed E-state index contributed by atoms with van der Waals surface area (Å²) in [7, 11) is 0. The van der Waals surface area contributed by atoms with Gasteiger partial charge in [0, 0.05) is 31.0 Å². The average Bonchev–Trinajstić information content (AvgIpc) is 3.29. The molecule has 6 heteroatoms. The molecule has 142 valence electrons. The van der Waals surface area contributed by atoms with Crippen LogP contribution >= 0.6 is 0 Å². The summed E-state index contributed by atoms with van der Waals surface area (Å²) >= 11 is 0. The van der Waals surface area contributed by atoms with Gasteiger partial charge >= 0.3 is 0 Å². The van der Waals surface area contributed by atoms with Crippen molar-refractivity contribution in [2.24, 2.45) is 0 Å². The molecule has 28 heavy (non-hydrogen) atoms. The molecule has 0 spiro atoms. The van der Waals surface area contributed by atoms with Crippen LogP contribution in [0.25, 0.3) is 0 Å². The zero-order valence-electron chi connectivity index (χ0n) is 15.6. The molecule has 1 aliphatic heterocycles. The highest BCUT2D eigenvalue weighted by atomic mass is 16.1. The van der Waals surface area contributed by atoms with Gasteiger partial charge < -0.3 is 15.5 Å². The number of aromatic nitrogens is 2.